The number of nitro benzene ring substituents is 1. The standard InChI is InChI=1S/C15H22N2O4/c1-2-20-13-8-12(17(18)19)9-14(10-13)21-11-15(16)6-4-3-5-7-15/h8-10H,2-7,11,16H2,1H3. The Bertz CT molecular complexity index is 498. The lowest BCUT2D eigenvalue weighted by molar-refractivity contribution is -0.385. The largest absolute Gasteiger partial charge is 0.493 e. The van der Waals surface area contributed by atoms with Crippen LogP contribution in [0.3, 0.4) is 0 Å². The predicted molar refractivity (Wildman–Crippen MR) is 79.8 cm³/mol. The molecule has 116 valence electrons. The Labute approximate surface area is 124 Å². The molecule has 21 heavy (non-hydrogen) atoms. The highest BCUT2D eigenvalue weighted by Gasteiger charge is 2.28. The average Bonchev–Trinajstić information content (AvgIpc) is 2.46. The van der Waals surface area contributed by atoms with Gasteiger partial charge in [0.2, 0.25) is 0 Å². The summed E-state index contributed by atoms with van der Waals surface area (Å²) >= 11 is 0. The summed E-state index contributed by atoms with van der Waals surface area (Å²) in [7, 11) is 0. The fraction of sp³-hybridized carbons (Fsp3) is 0.600. The van der Waals surface area contributed by atoms with Gasteiger partial charge in [-0.15, -0.1) is 0 Å². The normalized spacial score (nSPS) is 17.2. The third-order valence-corrected chi connectivity index (χ3v) is 3.76. The first-order valence-corrected chi connectivity index (χ1v) is 7.36. The molecular formula is C15H22N2O4. The minimum absolute atomic E-state index is 0.0364. The highest BCUT2D eigenvalue weighted by molar-refractivity contribution is 5.46. The van der Waals surface area contributed by atoms with Crippen LogP contribution in [0.15, 0.2) is 18.2 Å². The molecule has 1 aromatic carbocycles. The summed E-state index contributed by atoms with van der Waals surface area (Å²) < 4.78 is 11.1. The topological polar surface area (TPSA) is 87.6 Å². The number of benzene rings is 1. The van der Waals surface area contributed by atoms with Crippen LogP contribution in [0, 0.1) is 10.1 Å². The lowest BCUT2D eigenvalue weighted by Crippen LogP contribution is -2.47. The summed E-state index contributed by atoms with van der Waals surface area (Å²) in [6.45, 7) is 2.65. The number of non-ortho nitro benzene ring substituents is 1. The van der Waals surface area contributed by atoms with Crippen LogP contribution in [0.25, 0.3) is 0 Å². The molecule has 2 rings (SSSR count). The molecule has 0 bridgehead atoms. The molecule has 0 saturated heterocycles. The predicted octanol–water partition coefficient (Wildman–Crippen LogP) is 3.03. The molecule has 1 aliphatic carbocycles. The summed E-state index contributed by atoms with van der Waals surface area (Å²) in [6.07, 6.45) is 5.29. The van der Waals surface area contributed by atoms with Crippen LogP contribution in [-0.4, -0.2) is 23.7 Å². The maximum Gasteiger partial charge on any atom is 0.276 e. The molecule has 2 N–H and O–H groups in total. The van der Waals surface area contributed by atoms with Gasteiger partial charge in [0.25, 0.3) is 5.69 Å². The van der Waals surface area contributed by atoms with E-state index in [0.717, 1.165) is 25.7 Å². The summed E-state index contributed by atoms with van der Waals surface area (Å²) in [4.78, 5) is 10.5. The van der Waals surface area contributed by atoms with Crippen LogP contribution in [0.4, 0.5) is 5.69 Å². The zero-order chi connectivity index (χ0) is 15.3. The molecule has 0 aliphatic heterocycles. The van der Waals surface area contributed by atoms with E-state index in [4.69, 9.17) is 15.2 Å². The third-order valence-electron chi connectivity index (χ3n) is 3.76. The monoisotopic (exact) mass is 294 g/mol. The maximum absolute atomic E-state index is 10.9. The molecule has 0 radical (unpaired) electrons. The molecule has 6 heteroatoms. The van der Waals surface area contributed by atoms with E-state index in [0.29, 0.717) is 24.7 Å². The fourth-order valence-electron chi connectivity index (χ4n) is 2.62. The highest BCUT2D eigenvalue weighted by Crippen LogP contribution is 2.30. The van der Waals surface area contributed by atoms with E-state index in [1.54, 1.807) is 6.07 Å². The summed E-state index contributed by atoms with van der Waals surface area (Å²) in [5, 5.41) is 10.9. The van der Waals surface area contributed by atoms with Gasteiger partial charge in [0.1, 0.15) is 18.1 Å². The number of hydrogen-bond donors (Lipinski definition) is 1. The summed E-state index contributed by atoms with van der Waals surface area (Å²) in [5.74, 6) is 0.875. The molecule has 1 aromatic rings. The zero-order valence-corrected chi connectivity index (χ0v) is 12.3. The van der Waals surface area contributed by atoms with E-state index in [9.17, 15) is 10.1 Å². The van der Waals surface area contributed by atoms with Crippen LogP contribution >= 0.6 is 0 Å². The minimum Gasteiger partial charge on any atom is -0.493 e. The van der Waals surface area contributed by atoms with Gasteiger partial charge in [-0.1, -0.05) is 19.3 Å². The molecule has 1 saturated carbocycles. The van der Waals surface area contributed by atoms with E-state index >= 15 is 0 Å². The molecule has 0 atom stereocenters. The van der Waals surface area contributed by atoms with Crippen molar-refractivity contribution in [3.63, 3.8) is 0 Å². The first-order chi connectivity index (χ1) is 10.0. The van der Waals surface area contributed by atoms with E-state index in [1.807, 2.05) is 6.92 Å². The highest BCUT2D eigenvalue weighted by atomic mass is 16.6. The van der Waals surface area contributed by atoms with Gasteiger partial charge in [0, 0.05) is 6.07 Å². The zero-order valence-electron chi connectivity index (χ0n) is 12.3. The number of hydrogen-bond acceptors (Lipinski definition) is 5. The molecule has 0 unspecified atom stereocenters. The Morgan fingerprint density at radius 2 is 1.81 bits per heavy atom. The van der Waals surface area contributed by atoms with Crippen LogP contribution in [-0.2, 0) is 0 Å². The summed E-state index contributed by atoms with van der Waals surface area (Å²) in [5.41, 5.74) is 5.95. The Morgan fingerprint density at radius 3 is 2.38 bits per heavy atom. The van der Waals surface area contributed by atoms with Crippen molar-refractivity contribution in [2.45, 2.75) is 44.6 Å². The lowest BCUT2D eigenvalue weighted by Gasteiger charge is -2.33. The van der Waals surface area contributed by atoms with E-state index in [-0.39, 0.29) is 11.2 Å². The van der Waals surface area contributed by atoms with Crippen molar-refractivity contribution >= 4 is 5.69 Å². The van der Waals surface area contributed by atoms with Crippen molar-refractivity contribution in [2.24, 2.45) is 5.73 Å². The van der Waals surface area contributed by atoms with Gasteiger partial charge >= 0.3 is 0 Å². The molecule has 0 aromatic heterocycles. The van der Waals surface area contributed by atoms with Gasteiger partial charge in [0.05, 0.1) is 29.2 Å². The molecule has 1 aliphatic rings. The van der Waals surface area contributed by atoms with Gasteiger partial charge in [-0.05, 0) is 19.8 Å². The van der Waals surface area contributed by atoms with Gasteiger partial charge in [-0.25, -0.2) is 0 Å². The third kappa shape index (κ3) is 4.32. The molecular weight excluding hydrogens is 272 g/mol. The number of nitrogens with zero attached hydrogens (tertiary/aromatic N) is 1. The molecule has 0 spiro atoms. The van der Waals surface area contributed by atoms with Crippen LogP contribution < -0.4 is 15.2 Å². The second-order valence-corrected chi connectivity index (χ2v) is 5.56. The molecule has 0 heterocycles. The first-order valence-electron chi connectivity index (χ1n) is 7.36. The smallest absolute Gasteiger partial charge is 0.276 e. The second-order valence-electron chi connectivity index (χ2n) is 5.56. The Kier molecular flexibility index (Phi) is 5.01. The first kappa shape index (κ1) is 15.6. The van der Waals surface area contributed by atoms with Gasteiger partial charge in [0.15, 0.2) is 0 Å². The van der Waals surface area contributed by atoms with E-state index < -0.39 is 4.92 Å². The quantitative estimate of drug-likeness (QED) is 0.643. The number of rotatable bonds is 6. The van der Waals surface area contributed by atoms with Gasteiger partial charge < -0.3 is 15.2 Å². The minimum atomic E-state index is -0.450. The van der Waals surface area contributed by atoms with Crippen molar-refractivity contribution in [1.29, 1.82) is 0 Å². The van der Waals surface area contributed by atoms with Gasteiger partial charge in [-0.3, -0.25) is 10.1 Å². The van der Waals surface area contributed by atoms with Gasteiger partial charge in [-0.2, -0.15) is 0 Å². The van der Waals surface area contributed by atoms with Crippen molar-refractivity contribution in [1.82, 2.24) is 0 Å². The average molecular weight is 294 g/mol. The number of ether oxygens (including phenoxy) is 2. The summed E-state index contributed by atoms with van der Waals surface area (Å²) in [6, 6.07) is 4.48. The SMILES string of the molecule is CCOc1cc(OCC2(N)CCCCC2)cc([N+](=O)[O-])c1. The van der Waals surface area contributed by atoms with Crippen molar-refractivity contribution < 1.29 is 14.4 Å². The molecule has 1 fully saturated rings. The molecule has 0 amide bonds. The Balaban J connectivity index is 2.09. The van der Waals surface area contributed by atoms with E-state index in [2.05, 4.69) is 0 Å². The van der Waals surface area contributed by atoms with Crippen molar-refractivity contribution in [2.75, 3.05) is 13.2 Å². The number of nitro groups is 1. The van der Waals surface area contributed by atoms with Crippen LogP contribution in [0.2, 0.25) is 0 Å². The van der Waals surface area contributed by atoms with E-state index in [1.165, 1.54) is 18.6 Å². The van der Waals surface area contributed by atoms with Crippen LogP contribution in [0.1, 0.15) is 39.0 Å². The Morgan fingerprint density at radius 1 is 1.19 bits per heavy atom. The Hall–Kier alpha value is -1.82. The van der Waals surface area contributed by atoms with Crippen molar-refractivity contribution in [3.05, 3.63) is 28.3 Å². The van der Waals surface area contributed by atoms with Crippen molar-refractivity contribution in [3.8, 4) is 11.5 Å². The lowest BCUT2D eigenvalue weighted by atomic mass is 9.83. The van der Waals surface area contributed by atoms with Crippen LogP contribution in [0.5, 0.6) is 11.5 Å². The molecule has 6 nitrogen and oxygen atoms in total. The number of nitrogens with two attached hydrogens (primary N) is 1. The maximum atomic E-state index is 10.9. The fourth-order valence-corrected chi connectivity index (χ4v) is 2.62. The second kappa shape index (κ2) is 6.76.